The predicted molar refractivity (Wildman–Crippen MR) is 61.4 cm³/mol. The van der Waals surface area contributed by atoms with Gasteiger partial charge in [0.2, 0.25) is 0 Å². The third kappa shape index (κ3) is 10.1. The lowest BCUT2D eigenvalue weighted by Gasteiger charge is -2.13. The number of carboxylic acids is 1. The number of hydrogen-bond donors (Lipinski definition) is 1. The molecule has 0 rings (SSSR count). The number of esters is 1. The van der Waals surface area contributed by atoms with E-state index in [1.54, 1.807) is 6.08 Å². The van der Waals surface area contributed by atoms with Crippen LogP contribution in [0.1, 0.15) is 32.1 Å². The summed E-state index contributed by atoms with van der Waals surface area (Å²) in [6, 6.07) is 0. The van der Waals surface area contributed by atoms with Gasteiger partial charge in [-0.1, -0.05) is 6.08 Å². The Morgan fingerprint density at radius 3 is 2.42 bits per heavy atom. The van der Waals surface area contributed by atoms with E-state index >= 15 is 0 Å². The van der Waals surface area contributed by atoms with Gasteiger partial charge >= 0.3 is 18.1 Å². The van der Waals surface area contributed by atoms with Crippen LogP contribution in [-0.2, 0) is 14.3 Å². The summed E-state index contributed by atoms with van der Waals surface area (Å²) in [6.07, 6.45) is -3.15. The molecule has 0 amide bonds. The Kier molecular flexibility index (Phi) is 7.86. The quantitative estimate of drug-likeness (QED) is 0.401. The summed E-state index contributed by atoms with van der Waals surface area (Å²) in [7, 11) is 0. The fourth-order valence-electron chi connectivity index (χ4n) is 1.36. The molecule has 0 heterocycles. The van der Waals surface area contributed by atoms with Crippen LogP contribution in [0.2, 0.25) is 0 Å². The van der Waals surface area contributed by atoms with Crippen molar-refractivity contribution in [2.45, 2.75) is 38.3 Å². The van der Waals surface area contributed by atoms with E-state index in [1.807, 2.05) is 0 Å². The zero-order chi connectivity index (χ0) is 14.9. The third-order valence-corrected chi connectivity index (χ3v) is 2.31. The lowest BCUT2D eigenvalue weighted by Crippen LogP contribution is -2.25. The monoisotopic (exact) mass is 282 g/mol. The minimum absolute atomic E-state index is 0.0744. The van der Waals surface area contributed by atoms with Gasteiger partial charge in [-0.3, -0.25) is 9.59 Å². The standard InChI is InChI=1S/C12H17F3O4/c1-2-3-4-5-6-19-10(16)7-9(11(17)18)8-12(13,14)15/h2,9H,1,3-8H2,(H,17,18). The van der Waals surface area contributed by atoms with Crippen molar-refractivity contribution >= 4 is 11.9 Å². The van der Waals surface area contributed by atoms with Crippen LogP contribution in [0.4, 0.5) is 13.2 Å². The van der Waals surface area contributed by atoms with Crippen LogP contribution in [0.5, 0.6) is 0 Å². The molecule has 0 aromatic heterocycles. The normalized spacial score (nSPS) is 12.8. The summed E-state index contributed by atoms with van der Waals surface area (Å²) in [6.45, 7) is 3.58. The molecule has 0 aromatic carbocycles. The van der Waals surface area contributed by atoms with E-state index in [-0.39, 0.29) is 6.61 Å². The molecule has 0 radical (unpaired) electrons. The van der Waals surface area contributed by atoms with Crippen molar-refractivity contribution in [3.8, 4) is 0 Å². The summed E-state index contributed by atoms with van der Waals surface area (Å²) >= 11 is 0. The molecule has 0 aliphatic heterocycles. The van der Waals surface area contributed by atoms with Gasteiger partial charge in [-0.15, -0.1) is 6.58 Å². The van der Waals surface area contributed by atoms with Gasteiger partial charge < -0.3 is 9.84 Å². The number of allylic oxidation sites excluding steroid dienone is 1. The number of carbonyl (C=O) groups excluding carboxylic acids is 1. The highest BCUT2D eigenvalue weighted by atomic mass is 19.4. The van der Waals surface area contributed by atoms with Crippen LogP contribution in [0.15, 0.2) is 12.7 Å². The van der Waals surface area contributed by atoms with E-state index in [2.05, 4.69) is 11.3 Å². The second kappa shape index (κ2) is 8.55. The van der Waals surface area contributed by atoms with Gasteiger partial charge in [0, 0.05) is 0 Å². The number of hydrogen-bond acceptors (Lipinski definition) is 3. The average Bonchev–Trinajstić information content (AvgIpc) is 2.26. The van der Waals surface area contributed by atoms with Crippen molar-refractivity contribution in [2.24, 2.45) is 5.92 Å². The fraction of sp³-hybridized carbons (Fsp3) is 0.667. The summed E-state index contributed by atoms with van der Waals surface area (Å²) < 4.78 is 40.9. The molecule has 1 atom stereocenters. The number of alkyl halides is 3. The van der Waals surface area contributed by atoms with Crippen LogP contribution < -0.4 is 0 Å². The molecule has 1 unspecified atom stereocenters. The van der Waals surface area contributed by atoms with Crippen LogP contribution in [0.25, 0.3) is 0 Å². The number of carbonyl (C=O) groups is 2. The number of carboxylic acid groups (broad SMARTS) is 1. The van der Waals surface area contributed by atoms with Crippen LogP contribution in [0, 0.1) is 5.92 Å². The molecular weight excluding hydrogens is 265 g/mol. The Labute approximate surface area is 109 Å². The van der Waals surface area contributed by atoms with Gasteiger partial charge in [-0.05, 0) is 19.3 Å². The second-order valence-electron chi connectivity index (χ2n) is 4.06. The molecule has 19 heavy (non-hydrogen) atoms. The van der Waals surface area contributed by atoms with Gasteiger partial charge in [0.1, 0.15) is 0 Å². The topological polar surface area (TPSA) is 63.6 Å². The fourth-order valence-corrected chi connectivity index (χ4v) is 1.36. The first kappa shape index (κ1) is 17.5. The van der Waals surface area contributed by atoms with Crippen molar-refractivity contribution in [2.75, 3.05) is 6.61 Å². The SMILES string of the molecule is C=CCCCCOC(=O)CC(CC(F)(F)F)C(=O)O. The smallest absolute Gasteiger partial charge is 0.389 e. The number of aliphatic carboxylic acids is 1. The van der Waals surface area contributed by atoms with E-state index in [0.29, 0.717) is 6.42 Å². The summed E-state index contributed by atoms with van der Waals surface area (Å²) in [5.74, 6) is -4.36. The first-order valence-corrected chi connectivity index (χ1v) is 5.82. The predicted octanol–water partition coefficient (Wildman–Crippen LogP) is 2.93. The van der Waals surface area contributed by atoms with Crippen LogP contribution in [0.3, 0.4) is 0 Å². The highest BCUT2D eigenvalue weighted by Crippen LogP contribution is 2.27. The second-order valence-corrected chi connectivity index (χ2v) is 4.06. The molecule has 0 fully saturated rings. The maximum atomic E-state index is 12.1. The maximum Gasteiger partial charge on any atom is 0.389 e. The highest BCUT2D eigenvalue weighted by molar-refractivity contribution is 5.78. The molecular formula is C12H17F3O4. The Morgan fingerprint density at radius 1 is 1.32 bits per heavy atom. The lowest BCUT2D eigenvalue weighted by atomic mass is 10.0. The Bertz CT molecular complexity index is 313. The van der Waals surface area contributed by atoms with E-state index in [9.17, 15) is 22.8 Å². The zero-order valence-electron chi connectivity index (χ0n) is 10.4. The molecule has 0 aliphatic rings. The zero-order valence-corrected chi connectivity index (χ0v) is 10.4. The first-order valence-electron chi connectivity index (χ1n) is 5.82. The highest BCUT2D eigenvalue weighted by Gasteiger charge is 2.36. The molecule has 0 aliphatic carbocycles. The Hall–Kier alpha value is -1.53. The average molecular weight is 282 g/mol. The largest absolute Gasteiger partial charge is 0.481 e. The molecule has 0 saturated heterocycles. The molecule has 7 heteroatoms. The summed E-state index contributed by atoms with van der Waals surface area (Å²) in [4.78, 5) is 21.8. The van der Waals surface area contributed by atoms with E-state index in [0.717, 1.165) is 12.8 Å². The minimum atomic E-state index is -4.62. The third-order valence-electron chi connectivity index (χ3n) is 2.31. The molecule has 0 bridgehead atoms. The van der Waals surface area contributed by atoms with Crippen molar-refractivity contribution in [3.05, 3.63) is 12.7 Å². The maximum absolute atomic E-state index is 12.1. The molecule has 1 N–H and O–H groups in total. The number of halogens is 3. The van der Waals surface area contributed by atoms with Gasteiger partial charge in [0.05, 0.1) is 25.4 Å². The molecule has 0 saturated carbocycles. The van der Waals surface area contributed by atoms with E-state index in [4.69, 9.17) is 5.11 Å². The lowest BCUT2D eigenvalue weighted by molar-refractivity contribution is -0.168. The van der Waals surface area contributed by atoms with Crippen molar-refractivity contribution in [1.29, 1.82) is 0 Å². The van der Waals surface area contributed by atoms with Crippen LogP contribution in [-0.4, -0.2) is 29.8 Å². The van der Waals surface area contributed by atoms with Crippen molar-refractivity contribution in [1.82, 2.24) is 0 Å². The Balaban J connectivity index is 4.04. The number of unbranched alkanes of at least 4 members (excludes halogenated alkanes) is 2. The number of ether oxygens (including phenoxy) is 1. The molecule has 0 spiro atoms. The Morgan fingerprint density at radius 2 is 1.95 bits per heavy atom. The van der Waals surface area contributed by atoms with E-state index in [1.165, 1.54) is 0 Å². The van der Waals surface area contributed by atoms with Crippen LogP contribution >= 0.6 is 0 Å². The minimum Gasteiger partial charge on any atom is -0.481 e. The molecule has 0 aromatic rings. The molecule has 4 nitrogen and oxygen atoms in total. The van der Waals surface area contributed by atoms with Gasteiger partial charge in [-0.2, -0.15) is 13.2 Å². The van der Waals surface area contributed by atoms with Crippen molar-refractivity contribution < 1.29 is 32.6 Å². The van der Waals surface area contributed by atoms with Crippen molar-refractivity contribution in [3.63, 3.8) is 0 Å². The molecule has 110 valence electrons. The van der Waals surface area contributed by atoms with E-state index < -0.39 is 36.9 Å². The summed E-state index contributed by atoms with van der Waals surface area (Å²) in [5, 5.41) is 8.61. The number of rotatable bonds is 9. The summed E-state index contributed by atoms with van der Waals surface area (Å²) in [5.41, 5.74) is 0. The first-order chi connectivity index (χ1) is 8.76. The van der Waals surface area contributed by atoms with Gasteiger partial charge in [0.25, 0.3) is 0 Å². The van der Waals surface area contributed by atoms with Gasteiger partial charge in [0.15, 0.2) is 0 Å². The van der Waals surface area contributed by atoms with Gasteiger partial charge in [-0.25, -0.2) is 0 Å².